The van der Waals surface area contributed by atoms with E-state index in [1.807, 2.05) is 6.92 Å². The van der Waals surface area contributed by atoms with Gasteiger partial charge < -0.3 is 14.8 Å². The summed E-state index contributed by atoms with van der Waals surface area (Å²) in [6.45, 7) is 2.45. The van der Waals surface area contributed by atoms with Crippen LogP contribution in [0.25, 0.3) is 0 Å². The normalized spacial score (nSPS) is 15.4. The number of anilines is 1. The first-order valence-electron chi connectivity index (χ1n) is 10.1. The molecule has 1 amide bonds. The van der Waals surface area contributed by atoms with Crippen molar-refractivity contribution in [1.29, 1.82) is 0 Å². The van der Waals surface area contributed by atoms with Crippen molar-refractivity contribution in [3.63, 3.8) is 0 Å². The molecule has 1 aliphatic rings. The van der Waals surface area contributed by atoms with E-state index in [0.29, 0.717) is 13.2 Å². The molecular weight excluding hydrogens is 470 g/mol. The molecule has 10 nitrogen and oxygen atoms in total. The maximum atomic E-state index is 12.9. The molecule has 33 heavy (non-hydrogen) atoms. The number of nitrogens with one attached hydrogen (secondary N) is 1. The number of likely N-dealkylation sites (N-methyl/N-ethyl adjacent to an activating group) is 1. The molecule has 12 heteroatoms. The van der Waals surface area contributed by atoms with E-state index in [9.17, 15) is 21.6 Å². The molecular formula is C21H27N3O7S2. The number of morpholine rings is 1. The van der Waals surface area contributed by atoms with Gasteiger partial charge in [0.2, 0.25) is 26.0 Å². The molecule has 0 spiro atoms. The van der Waals surface area contributed by atoms with E-state index in [-0.39, 0.29) is 34.3 Å². The van der Waals surface area contributed by atoms with Crippen LogP contribution in [-0.2, 0) is 29.6 Å². The molecule has 1 saturated heterocycles. The third-order valence-corrected chi connectivity index (χ3v) is 8.86. The van der Waals surface area contributed by atoms with Crippen LogP contribution in [0.1, 0.15) is 5.56 Å². The Balaban J connectivity index is 1.78. The monoisotopic (exact) mass is 497 g/mol. The molecule has 2 aromatic rings. The molecule has 0 atom stereocenters. The summed E-state index contributed by atoms with van der Waals surface area (Å²) >= 11 is 0. The number of benzene rings is 2. The highest BCUT2D eigenvalue weighted by atomic mass is 32.2. The molecule has 1 N–H and O–H groups in total. The Labute approximate surface area is 194 Å². The number of sulfonamides is 2. The third kappa shape index (κ3) is 5.71. The fourth-order valence-electron chi connectivity index (χ4n) is 3.25. The predicted octanol–water partition coefficient (Wildman–Crippen LogP) is 1.28. The lowest BCUT2D eigenvalue weighted by Crippen LogP contribution is -2.40. The summed E-state index contributed by atoms with van der Waals surface area (Å²) in [6, 6.07) is 10.4. The minimum Gasteiger partial charge on any atom is -0.495 e. The zero-order chi connectivity index (χ0) is 24.2. The maximum Gasteiger partial charge on any atom is 0.243 e. The third-order valence-electron chi connectivity index (χ3n) is 5.15. The van der Waals surface area contributed by atoms with E-state index in [1.54, 1.807) is 12.1 Å². The maximum absolute atomic E-state index is 12.9. The number of hydrogen-bond acceptors (Lipinski definition) is 7. The number of ether oxygens (including phenoxy) is 2. The highest BCUT2D eigenvalue weighted by molar-refractivity contribution is 7.89. The lowest BCUT2D eigenvalue weighted by atomic mass is 10.2. The van der Waals surface area contributed by atoms with Crippen molar-refractivity contribution in [2.45, 2.75) is 16.7 Å². The average molecular weight is 498 g/mol. The first-order chi connectivity index (χ1) is 15.6. The Morgan fingerprint density at radius 1 is 1.06 bits per heavy atom. The van der Waals surface area contributed by atoms with Crippen LogP contribution >= 0.6 is 0 Å². The number of rotatable bonds is 8. The largest absolute Gasteiger partial charge is 0.495 e. The Kier molecular flexibility index (Phi) is 7.75. The van der Waals surface area contributed by atoms with Gasteiger partial charge in [0.05, 0.1) is 42.3 Å². The number of methoxy groups -OCH3 is 1. The van der Waals surface area contributed by atoms with Crippen molar-refractivity contribution in [3.8, 4) is 5.75 Å². The second kappa shape index (κ2) is 10.2. The molecule has 1 heterocycles. The summed E-state index contributed by atoms with van der Waals surface area (Å²) < 4.78 is 64.1. The molecule has 1 fully saturated rings. The van der Waals surface area contributed by atoms with Gasteiger partial charge in [0.15, 0.2) is 0 Å². The quantitative estimate of drug-likeness (QED) is 0.583. The second-order valence-corrected chi connectivity index (χ2v) is 11.5. The van der Waals surface area contributed by atoms with E-state index >= 15 is 0 Å². The van der Waals surface area contributed by atoms with E-state index < -0.39 is 32.5 Å². The van der Waals surface area contributed by atoms with Gasteiger partial charge >= 0.3 is 0 Å². The molecule has 0 unspecified atom stereocenters. The van der Waals surface area contributed by atoms with E-state index in [4.69, 9.17) is 9.47 Å². The van der Waals surface area contributed by atoms with Gasteiger partial charge in [-0.15, -0.1) is 0 Å². The van der Waals surface area contributed by atoms with Crippen molar-refractivity contribution in [2.24, 2.45) is 0 Å². The number of carbonyl (C=O) groups is 1. The fraction of sp³-hybridized carbons (Fsp3) is 0.381. The van der Waals surface area contributed by atoms with E-state index in [2.05, 4.69) is 5.32 Å². The van der Waals surface area contributed by atoms with Crippen molar-refractivity contribution < 1.29 is 31.1 Å². The van der Waals surface area contributed by atoms with Crippen molar-refractivity contribution in [2.75, 3.05) is 52.3 Å². The lowest BCUT2D eigenvalue weighted by Gasteiger charge is -2.26. The molecule has 0 radical (unpaired) electrons. The van der Waals surface area contributed by atoms with Crippen LogP contribution in [0.4, 0.5) is 5.69 Å². The van der Waals surface area contributed by atoms with Crippen LogP contribution < -0.4 is 10.1 Å². The Hall–Kier alpha value is -2.51. The predicted molar refractivity (Wildman–Crippen MR) is 122 cm³/mol. The molecule has 0 aliphatic carbocycles. The van der Waals surface area contributed by atoms with Crippen LogP contribution in [-0.4, -0.2) is 78.4 Å². The fourth-order valence-corrected chi connectivity index (χ4v) is 5.81. The average Bonchev–Trinajstić information content (AvgIpc) is 2.79. The zero-order valence-corrected chi connectivity index (χ0v) is 20.3. The summed E-state index contributed by atoms with van der Waals surface area (Å²) in [5.41, 5.74) is 1.03. The Morgan fingerprint density at radius 3 is 2.27 bits per heavy atom. The smallest absolute Gasteiger partial charge is 0.243 e. The van der Waals surface area contributed by atoms with Crippen LogP contribution in [0.2, 0.25) is 0 Å². The van der Waals surface area contributed by atoms with E-state index in [1.165, 1.54) is 48.8 Å². The van der Waals surface area contributed by atoms with Crippen LogP contribution in [0, 0.1) is 6.92 Å². The van der Waals surface area contributed by atoms with Gasteiger partial charge in [-0.3, -0.25) is 4.79 Å². The summed E-state index contributed by atoms with van der Waals surface area (Å²) in [7, 11) is -4.99. The molecule has 180 valence electrons. The van der Waals surface area contributed by atoms with Crippen LogP contribution in [0.3, 0.4) is 0 Å². The van der Waals surface area contributed by atoms with Gasteiger partial charge in [0.25, 0.3) is 0 Å². The van der Waals surface area contributed by atoms with Crippen molar-refractivity contribution in [1.82, 2.24) is 8.61 Å². The van der Waals surface area contributed by atoms with Crippen molar-refractivity contribution in [3.05, 3.63) is 48.0 Å². The topological polar surface area (TPSA) is 122 Å². The van der Waals surface area contributed by atoms with Gasteiger partial charge in [-0.25, -0.2) is 16.8 Å². The number of aryl methyl sites for hydroxylation is 1. The Morgan fingerprint density at radius 2 is 1.67 bits per heavy atom. The van der Waals surface area contributed by atoms with Gasteiger partial charge in [-0.1, -0.05) is 17.7 Å². The van der Waals surface area contributed by atoms with Gasteiger partial charge in [-0.05, 0) is 37.3 Å². The second-order valence-electron chi connectivity index (χ2n) is 7.50. The van der Waals surface area contributed by atoms with Crippen LogP contribution in [0.15, 0.2) is 52.3 Å². The first-order valence-corrected chi connectivity index (χ1v) is 13.0. The molecule has 1 aliphatic heterocycles. The minimum atomic E-state index is -3.88. The Bertz CT molecular complexity index is 1210. The summed E-state index contributed by atoms with van der Waals surface area (Å²) in [4.78, 5) is 12.7. The first kappa shape index (κ1) is 25.1. The van der Waals surface area contributed by atoms with Crippen LogP contribution in [0.5, 0.6) is 5.75 Å². The van der Waals surface area contributed by atoms with Gasteiger partial charge in [0, 0.05) is 20.1 Å². The lowest BCUT2D eigenvalue weighted by molar-refractivity contribution is -0.116. The van der Waals surface area contributed by atoms with Gasteiger partial charge in [0.1, 0.15) is 5.75 Å². The molecule has 2 aromatic carbocycles. The molecule has 3 rings (SSSR count). The highest BCUT2D eigenvalue weighted by Gasteiger charge is 2.28. The summed E-state index contributed by atoms with van der Waals surface area (Å²) in [6.07, 6.45) is 0. The number of hydrogen-bond donors (Lipinski definition) is 1. The van der Waals surface area contributed by atoms with Gasteiger partial charge in [-0.2, -0.15) is 8.61 Å². The van der Waals surface area contributed by atoms with E-state index in [0.717, 1.165) is 9.87 Å². The number of nitrogens with zero attached hydrogens (tertiary/aromatic N) is 2. The summed E-state index contributed by atoms with van der Waals surface area (Å²) in [5, 5.41) is 2.56. The number of amides is 1. The standard InChI is InChI=1S/C21H27N3O7S2/c1-16-4-6-17(7-5-16)32(26,27)23(2)15-21(25)22-19-14-18(8-9-20(19)30-3)33(28,29)24-10-12-31-13-11-24/h4-9,14H,10-13,15H2,1-3H3,(H,22,25). The molecule has 0 saturated carbocycles. The minimum absolute atomic E-state index is 0.0128. The molecule has 0 bridgehead atoms. The highest BCUT2D eigenvalue weighted by Crippen LogP contribution is 2.29. The summed E-state index contributed by atoms with van der Waals surface area (Å²) in [5.74, 6) is -0.402. The molecule has 0 aromatic heterocycles. The van der Waals surface area contributed by atoms with Crippen molar-refractivity contribution >= 4 is 31.6 Å². The zero-order valence-electron chi connectivity index (χ0n) is 18.6. The SMILES string of the molecule is COc1ccc(S(=O)(=O)N2CCOCC2)cc1NC(=O)CN(C)S(=O)(=O)c1ccc(C)cc1. The number of carbonyl (C=O) groups excluding carboxylic acids is 1.